The van der Waals surface area contributed by atoms with E-state index in [4.69, 9.17) is 0 Å². The zero-order valence-corrected chi connectivity index (χ0v) is 9.90. The van der Waals surface area contributed by atoms with Gasteiger partial charge in [0.2, 0.25) is 0 Å². The number of halogens is 1. The van der Waals surface area contributed by atoms with Gasteiger partial charge < -0.3 is 2.85 Å². The average Bonchev–Trinajstić information content (AvgIpc) is 1.81. The van der Waals surface area contributed by atoms with Crippen molar-refractivity contribution in [1.29, 1.82) is 0 Å². The molecule has 0 atom stereocenters. The first kappa shape index (κ1) is 13.1. The van der Waals surface area contributed by atoms with E-state index in [9.17, 15) is 0 Å². The molecule has 0 saturated heterocycles. The average molecular weight is 252 g/mol. The molecular weight excluding hydrogens is 235 g/mol. The summed E-state index contributed by atoms with van der Waals surface area (Å²) in [5.74, 6) is 0. The maximum atomic E-state index is 2.44. The van der Waals surface area contributed by atoms with Gasteiger partial charge in [0.25, 0.3) is 0 Å². The Morgan fingerprint density at radius 3 is 2.11 bits per heavy atom. The zero-order chi connectivity index (χ0) is 6.24. The molecule has 0 nitrogen and oxygen atoms in total. The van der Waals surface area contributed by atoms with E-state index in [1.54, 1.807) is 0 Å². The summed E-state index contributed by atoms with van der Waals surface area (Å²) in [7, 11) is 0. The standard InChI is InChI=1S/C7H15I.Mg.2H/c1-2-3-4-5-6-7-8;;;/h2-7H2,1H3;;;/q;+2;2*-1. The van der Waals surface area contributed by atoms with Crippen LogP contribution in [0.5, 0.6) is 0 Å². The summed E-state index contributed by atoms with van der Waals surface area (Å²) < 4.78 is 1.33. The third-order valence-corrected chi connectivity index (χ3v) is 2.00. The van der Waals surface area contributed by atoms with Crippen LogP contribution in [-0.4, -0.2) is 27.5 Å². The molecule has 0 aliphatic rings. The summed E-state index contributed by atoms with van der Waals surface area (Å²) in [4.78, 5) is 0. The van der Waals surface area contributed by atoms with Crippen LogP contribution in [0, 0.1) is 0 Å². The molecule has 0 unspecified atom stereocenters. The van der Waals surface area contributed by atoms with Gasteiger partial charge in [-0.25, -0.2) is 0 Å². The largest absolute Gasteiger partial charge is 2.00 e. The number of unbranched alkanes of at least 4 members (excludes halogenated alkanes) is 4. The summed E-state index contributed by atoms with van der Waals surface area (Å²) >= 11 is 2.44. The first-order valence-electron chi connectivity index (χ1n) is 3.47. The Balaban J connectivity index is -0.0000000817. The Bertz CT molecular complexity index is 41.4. The summed E-state index contributed by atoms with van der Waals surface area (Å²) in [6.07, 6.45) is 7.09. The van der Waals surface area contributed by atoms with E-state index in [-0.39, 0.29) is 25.9 Å². The van der Waals surface area contributed by atoms with Crippen LogP contribution in [0.1, 0.15) is 41.9 Å². The minimum absolute atomic E-state index is 0. The van der Waals surface area contributed by atoms with Crippen LogP contribution in [0.25, 0.3) is 0 Å². The van der Waals surface area contributed by atoms with Crippen LogP contribution in [0.2, 0.25) is 0 Å². The van der Waals surface area contributed by atoms with Crippen molar-refractivity contribution in [2.45, 2.75) is 39.0 Å². The van der Waals surface area contributed by atoms with Gasteiger partial charge in [0.1, 0.15) is 0 Å². The van der Waals surface area contributed by atoms with Crippen LogP contribution in [0.15, 0.2) is 0 Å². The van der Waals surface area contributed by atoms with Crippen molar-refractivity contribution in [2.75, 3.05) is 4.43 Å². The molecule has 0 aromatic heterocycles. The van der Waals surface area contributed by atoms with Crippen molar-refractivity contribution in [2.24, 2.45) is 0 Å². The van der Waals surface area contributed by atoms with E-state index < -0.39 is 0 Å². The molecule has 0 bridgehead atoms. The van der Waals surface area contributed by atoms with E-state index in [1.165, 1.54) is 36.5 Å². The van der Waals surface area contributed by atoms with Crippen molar-refractivity contribution < 1.29 is 2.85 Å². The maximum absolute atomic E-state index is 2.44. The minimum atomic E-state index is 0. The van der Waals surface area contributed by atoms with Gasteiger partial charge in [-0.05, 0) is 10.8 Å². The summed E-state index contributed by atoms with van der Waals surface area (Å²) in [6.45, 7) is 2.25. The number of alkyl halides is 1. The van der Waals surface area contributed by atoms with Gasteiger partial charge in [-0.15, -0.1) is 0 Å². The first-order valence-corrected chi connectivity index (χ1v) is 5.00. The van der Waals surface area contributed by atoms with Crippen molar-refractivity contribution >= 4 is 45.6 Å². The molecule has 0 rings (SSSR count). The molecule has 0 amide bonds. The van der Waals surface area contributed by atoms with Gasteiger partial charge in [0.05, 0.1) is 0 Å². The molecule has 0 aromatic rings. The molecule has 0 aliphatic carbocycles. The summed E-state index contributed by atoms with van der Waals surface area (Å²) in [5, 5.41) is 0. The second kappa shape index (κ2) is 12.2. The monoisotopic (exact) mass is 252 g/mol. The molecule has 0 heterocycles. The minimum Gasteiger partial charge on any atom is -1.00 e. The van der Waals surface area contributed by atoms with Crippen LogP contribution in [0.3, 0.4) is 0 Å². The zero-order valence-electron chi connectivity index (χ0n) is 8.33. The molecule has 0 fully saturated rings. The molecule has 0 radical (unpaired) electrons. The van der Waals surface area contributed by atoms with Gasteiger partial charge >= 0.3 is 23.1 Å². The predicted molar refractivity (Wildman–Crippen MR) is 55.6 cm³/mol. The van der Waals surface area contributed by atoms with E-state index in [0.29, 0.717) is 0 Å². The normalized spacial score (nSPS) is 8.67. The van der Waals surface area contributed by atoms with Crippen molar-refractivity contribution in [3.8, 4) is 0 Å². The molecule has 2 heteroatoms. The predicted octanol–water partition coefficient (Wildman–Crippen LogP) is 3.24. The maximum Gasteiger partial charge on any atom is 2.00 e. The fourth-order valence-electron chi connectivity index (χ4n) is 0.698. The van der Waals surface area contributed by atoms with Gasteiger partial charge in [0.15, 0.2) is 0 Å². The second-order valence-electron chi connectivity index (χ2n) is 2.10. The smallest absolute Gasteiger partial charge is 1.00 e. The Morgan fingerprint density at radius 2 is 1.67 bits per heavy atom. The van der Waals surface area contributed by atoms with Crippen molar-refractivity contribution in [3.63, 3.8) is 0 Å². The fourth-order valence-corrected chi connectivity index (χ4v) is 1.24. The SMILES string of the molecule is CCCCCCCI.[H-].[H-].[Mg+2]. The molecule has 0 saturated carbocycles. The quantitative estimate of drug-likeness (QED) is 0.305. The second-order valence-corrected chi connectivity index (χ2v) is 3.18. The van der Waals surface area contributed by atoms with Gasteiger partial charge in [0, 0.05) is 0 Å². The molecule has 0 spiro atoms. The van der Waals surface area contributed by atoms with E-state index in [1.807, 2.05) is 0 Å². The van der Waals surface area contributed by atoms with Crippen LogP contribution in [-0.2, 0) is 0 Å². The van der Waals surface area contributed by atoms with E-state index >= 15 is 0 Å². The fraction of sp³-hybridized carbons (Fsp3) is 1.00. The molecule has 0 N–H and O–H groups in total. The molecule has 9 heavy (non-hydrogen) atoms. The van der Waals surface area contributed by atoms with Crippen molar-refractivity contribution in [1.82, 2.24) is 0 Å². The third kappa shape index (κ3) is 12.6. The number of hydrogen-bond acceptors (Lipinski definition) is 0. The Labute approximate surface area is 91.4 Å². The van der Waals surface area contributed by atoms with Gasteiger partial charge in [-0.2, -0.15) is 0 Å². The van der Waals surface area contributed by atoms with E-state index in [2.05, 4.69) is 29.5 Å². The molecule has 0 aliphatic heterocycles. The Morgan fingerprint density at radius 1 is 1.11 bits per heavy atom. The summed E-state index contributed by atoms with van der Waals surface area (Å²) in [5.41, 5.74) is 0. The van der Waals surface area contributed by atoms with Gasteiger partial charge in [-0.3, -0.25) is 0 Å². The summed E-state index contributed by atoms with van der Waals surface area (Å²) in [6, 6.07) is 0. The molecular formula is C7H17IMg. The van der Waals surface area contributed by atoms with Crippen LogP contribution >= 0.6 is 22.6 Å². The van der Waals surface area contributed by atoms with Crippen LogP contribution < -0.4 is 0 Å². The Hall–Kier alpha value is 1.50. The first-order chi connectivity index (χ1) is 3.91. The van der Waals surface area contributed by atoms with Crippen molar-refractivity contribution in [3.05, 3.63) is 0 Å². The third-order valence-electron chi connectivity index (χ3n) is 1.24. The number of hydrogen-bond donors (Lipinski definition) is 0. The topological polar surface area (TPSA) is 0 Å². The molecule has 0 aromatic carbocycles. The van der Waals surface area contributed by atoms with Crippen LogP contribution in [0.4, 0.5) is 0 Å². The van der Waals surface area contributed by atoms with Gasteiger partial charge in [-0.1, -0.05) is 55.2 Å². The Kier molecular flexibility index (Phi) is 17.8. The van der Waals surface area contributed by atoms with E-state index in [0.717, 1.165) is 0 Å². The molecule has 54 valence electrons. The number of rotatable bonds is 5.